The SMILES string of the molecule is CCNC(=NCc1ccc(Oc2cccc(F)c2)nc1)N1CCC(OCC)CC1.I. The van der Waals surface area contributed by atoms with Gasteiger partial charge in [0.25, 0.3) is 0 Å². The van der Waals surface area contributed by atoms with Gasteiger partial charge in [0.1, 0.15) is 11.6 Å². The van der Waals surface area contributed by atoms with Gasteiger partial charge in [-0.1, -0.05) is 12.1 Å². The fraction of sp³-hybridized carbons (Fsp3) is 0.455. The molecule has 0 radical (unpaired) electrons. The van der Waals surface area contributed by atoms with Gasteiger partial charge in [0.2, 0.25) is 5.88 Å². The van der Waals surface area contributed by atoms with E-state index in [9.17, 15) is 4.39 Å². The van der Waals surface area contributed by atoms with Crippen molar-refractivity contribution in [2.45, 2.75) is 39.3 Å². The molecule has 30 heavy (non-hydrogen) atoms. The first-order valence-electron chi connectivity index (χ1n) is 10.2. The Morgan fingerprint density at radius 1 is 1.23 bits per heavy atom. The molecule has 1 aliphatic rings. The first-order chi connectivity index (χ1) is 14.2. The molecule has 1 aromatic carbocycles. The van der Waals surface area contributed by atoms with Crippen LogP contribution in [0, 0.1) is 5.82 Å². The third-order valence-corrected chi connectivity index (χ3v) is 4.71. The third-order valence-electron chi connectivity index (χ3n) is 4.71. The molecule has 6 nitrogen and oxygen atoms in total. The average molecular weight is 528 g/mol. The number of benzene rings is 1. The van der Waals surface area contributed by atoms with Crippen LogP contribution >= 0.6 is 24.0 Å². The van der Waals surface area contributed by atoms with Gasteiger partial charge in [-0.05, 0) is 44.4 Å². The summed E-state index contributed by atoms with van der Waals surface area (Å²) >= 11 is 0. The number of halogens is 2. The number of ether oxygens (including phenoxy) is 2. The highest BCUT2D eigenvalue weighted by Crippen LogP contribution is 2.20. The fourth-order valence-corrected chi connectivity index (χ4v) is 3.28. The summed E-state index contributed by atoms with van der Waals surface area (Å²) in [6.45, 7) is 8.11. The Morgan fingerprint density at radius 3 is 2.67 bits per heavy atom. The van der Waals surface area contributed by atoms with E-state index in [1.54, 1.807) is 24.4 Å². The van der Waals surface area contributed by atoms with Crippen LogP contribution in [0.5, 0.6) is 11.6 Å². The number of aromatic nitrogens is 1. The minimum absolute atomic E-state index is 0. The molecule has 3 rings (SSSR count). The summed E-state index contributed by atoms with van der Waals surface area (Å²) in [5.41, 5.74) is 0.983. The Kier molecular flexibility index (Phi) is 10.3. The van der Waals surface area contributed by atoms with Crippen molar-refractivity contribution in [3.05, 3.63) is 54.0 Å². The summed E-state index contributed by atoms with van der Waals surface area (Å²) in [5.74, 6) is 1.43. The zero-order chi connectivity index (χ0) is 20.5. The molecule has 0 spiro atoms. The molecule has 0 unspecified atom stereocenters. The second-order valence-electron chi connectivity index (χ2n) is 6.88. The van der Waals surface area contributed by atoms with Crippen molar-refractivity contribution in [1.29, 1.82) is 0 Å². The zero-order valence-electron chi connectivity index (χ0n) is 17.5. The molecule has 0 aliphatic carbocycles. The Hall–Kier alpha value is -1.94. The molecule has 2 aromatic rings. The first kappa shape index (κ1) is 24.3. The highest BCUT2D eigenvalue weighted by atomic mass is 127. The van der Waals surface area contributed by atoms with E-state index in [0.29, 0.717) is 24.3 Å². The molecule has 1 saturated heterocycles. The number of guanidine groups is 1. The van der Waals surface area contributed by atoms with E-state index in [1.807, 2.05) is 13.0 Å². The quantitative estimate of drug-likeness (QED) is 0.324. The summed E-state index contributed by atoms with van der Waals surface area (Å²) in [5, 5.41) is 3.37. The number of hydrogen-bond acceptors (Lipinski definition) is 4. The van der Waals surface area contributed by atoms with Crippen LogP contribution in [0.1, 0.15) is 32.3 Å². The highest BCUT2D eigenvalue weighted by molar-refractivity contribution is 14.0. The maximum absolute atomic E-state index is 13.3. The number of nitrogens with one attached hydrogen (secondary N) is 1. The Labute approximate surface area is 194 Å². The molecule has 0 amide bonds. The van der Waals surface area contributed by atoms with E-state index in [2.05, 4.69) is 22.1 Å². The lowest BCUT2D eigenvalue weighted by atomic mass is 10.1. The second kappa shape index (κ2) is 12.7. The molecule has 8 heteroatoms. The molecular formula is C22H30FIN4O2. The van der Waals surface area contributed by atoms with Crippen LogP contribution in [-0.2, 0) is 11.3 Å². The van der Waals surface area contributed by atoms with E-state index >= 15 is 0 Å². The van der Waals surface area contributed by atoms with Crippen molar-refractivity contribution >= 4 is 29.9 Å². The predicted octanol–water partition coefficient (Wildman–Crippen LogP) is 4.60. The lowest BCUT2D eigenvalue weighted by Crippen LogP contribution is -2.47. The molecule has 0 bridgehead atoms. The average Bonchev–Trinajstić information content (AvgIpc) is 2.73. The van der Waals surface area contributed by atoms with E-state index in [-0.39, 0.29) is 29.8 Å². The molecule has 1 N–H and O–H groups in total. The van der Waals surface area contributed by atoms with Gasteiger partial charge in [0, 0.05) is 44.6 Å². The molecule has 1 aliphatic heterocycles. The van der Waals surface area contributed by atoms with Gasteiger partial charge in [0.05, 0.1) is 12.6 Å². The number of likely N-dealkylation sites (tertiary alicyclic amines) is 1. The normalized spacial score (nSPS) is 14.9. The lowest BCUT2D eigenvalue weighted by Gasteiger charge is -2.34. The van der Waals surface area contributed by atoms with Gasteiger partial charge in [-0.15, -0.1) is 24.0 Å². The molecule has 0 saturated carbocycles. The predicted molar refractivity (Wildman–Crippen MR) is 127 cm³/mol. The first-order valence-corrected chi connectivity index (χ1v) is 10.2. The largest absolute Gasteiger partial charge is 0.439 e. The van der Waals surface area contributed by atoms with Crippen molar-refractivity contribution in [2.24, 2.45) is 4.99 Å². The fourth-order valence-electron chi connectivity index (χ4n) is 3.28. The number of pyridine rings is 1. The van der Waals surface area contributed by atoms with E-state index in [1.165, 1.54) is 12.1 Å². The Bertz CT molecular complexity index is 796. The summed E-state index contributed by atoms with van der Waals surface area (Å²) in [4.78, 5) is 11.4. The van der Waals surface area contributed by atoms with Crippen LogP contribution in [0.4, 0.5) is 4.39 Å². The lowest BCUT2D eigenvalue weighted by molar-refractivity contribution is 0.0263. The van der Waals surface area contributed by atoms with Crippen molar-refractivity contribution in [3.8, 4) is 11.6 Å². The maximum Gasteiger partial charge on any atom is 0.219 e. The van der Waals surface area contributed by atoms with Crippen LogP contribution in [0.25, 0.3) is 0 Å². The van der Waals surface area contributed by atoms with Gasteiger partial charge < -0.3 is 19.7 Å². The molecule has 0 atom stereocenters. The van der Waals surface area contributed by atoms with Crippen LogP contribution in [-0.4, -0.2) is 48.2 Å². The summed E-state index contributed by atoms with van der Waals surface area (Å²) in [7, 11) is 0. The van der Waals surface area contributed by atoms with Crippen LogP contribution in [0.15, 0.2) is 47.6 Å². The number of nitrogens with zero attached hydrogens (tertiary/aromatic N) is 3. The van der Waals surface area contributed by atoms with Crippen molar-refractivity contribution in [3.63, 3.8) is 0 Å². The van der Waals surface area contributed by atoms with Crippen LogP contribution in [0.3, 0.4) is 0 Å². The van der Waals surface area contributed by atoms with Gasteiger partial charge >= 0.3 is 0 Å². The van der Waals surface area contributed by atoms with E-state index in [4.69, 9.17) is 14.5 Å². The maximum atomic E-state index is 13.3. The number of hydrogen-bond donors (Lipinski definition) is 1. The third kappa shape index (κ3) is 7.39. The highest BCUT2D eigenvalue weighted by Gasteiger charge is 2.21. The molecule has 2 heterocycles. The number of aliphatic imine (C=N–C) groups is 1. The van der Waals surface area contributed by atoms with Crippen molar-refractivity contribution in [1.82, 2.24) is 15.2 Å². The second-order valence-corrected chi connectivity index (χ2v) is 6.88. The van der Waals surface area contributed by atoms with Crippen molar-refractivity contribution in [2.75, 3.05) is 26.2 Å². The van der Waals surface area contributed by atoms with E-state index in [0.717, 1.165) is 50.6 Å². The van der Waals surface area contributed by atoms with Crippen molar-refractivity contribution < 1.29 is 13.9 Å². The minimum Gasteiger partial charge on any atom is -0.439 e. The Balaban J connectivity index is 0.00000320. The number of piperidine rings is 1. The zero-order valence-corrected chi connectivity index (χ0v) is 19.8. The minimum atomic E-state index is -0.338. The van der Waals surface area contributed by atoms with Gasteiger partial charge in [-0.2, -0.15) is 0 Å². The smallest absolute Gasteiger partial charge is 0.219 e. The molecule has 1 aromatic heterocycles. The summed E-state index contributed by atoms with van der Waals surface area (Å²) in [6, 6.07) is 9.71. The molecular weight excluding hydrogens is 498 g/mol. The van der Waals surface area contributed by atoms with Crippen LogP contribution < -0.4 is 10.1 Å². The summed E-state index contributed by atoms with van der Waals surface area (Å²) in [6.07, 6.45) is 4.13. The standard InChI is InChI=1S/C22H29FN4O2.HI/c1-3-24-22(27-12-10-19(11-13-27)28-4-2)26-16-17-8-9-21(25-15-17)29-20-7-5-6-18(23)14-20;/h5-9,14-15,19H,3-4,10-13,16H2,1-2H3,(H,24,26);1H. The van der Waals surface area contributed by atoms with Crippen LogP contribution in [0.2, 0.25) is 0 Å². The topological polar surface area (TPSA) is 59.0 Å². The Morgan fingerprint density at radius 2 is 2.03 bits per heavy atom. The monoisotopic (exact) mass is 528 g/mol. The number of rotatable bonds is 7. The molecule has 164 valence electrons. The van der Waals surface area contributed by atoms with Gasteiger partial charge in [-0.3, -0.25) is 0 Å². The molecule has 1 fully saturated rings. The van der Waals surface area contributed by atoms with Gasteiger partial charge in [-0.25, -0.2) is 14.4 Å². The summed E-state index contributed by atoms with van der Waals surface area (Å²) < 4.78 is 24.6. The van der Waals surface area contributed by atoms with E-state index < -0.39 is 0 Å². The van der Waals surface area contributed by atoms with Gasteiger partial charge in [0.15, 0.2) is 5.96 Å².